The summed E-state index contributed by atoms with van der Waals surface area (Å²) < 4.78 is 13.5. The van der Waals surface area contributed by atoms with Gasteiger partial charge in [-0.2, -0.15) is 4.98 Å². The third kappa shape index (κ3) is 3.05. The van der Waals surface area contributed by atoms with Gasteiger partial charge in [0.2, 0.25) is 5.95 Å². The summed E-state index contributed by atoms with van der Waals surface area (Å²) in [5.74, 6) is 1.15. The first-order valence-corrected chi connectivity index (χ1v) is 6.16. The van der Waals surface area contributed by atoms with Crippen LogP contribution in [0.15, 0.2) is 6.20 Å². The zero-order chi connectivity index (χ0) is 12.3. The summed E-state index contributed by atoms with van der Waals surface area (Å²) in [4.78, 5) is 7.92. The van der Waals surface area contributed by atoms with Gasteiger partial charge in [0.05, 0.1) is 6.20 Å². The highest BCUT2D eigenvalue weighted by atomic mass is 19.1. The van der Waals surface area contributed by atoms with Crippen molar-refractivity contribution in [2.45, 2.75) is 38.6 Å². The van der Waals surface area contributed by atoms with E-state index >= 15 is 0 Å². The van der Waals surface area contributed by atoms with Crippen LogP contribution in [0.3, 0.4) is 0 Å². The molecule has 2 N–H and O–H groups in total. The molecule has 0 saturated heterocycles. The summed E-state index contributed by atoms with van der Waals surface area (Å²) in [6, 6.07) is 0.334. The van der Waals surface area contributed by atoms with Crippen LogP contribution < -0.4 is 10.6 Å². The smallest absolute Gasteiger partial charge is 0.224 e. The number of nitrogens with zero attached hydrogens (tertiary/aromatic N) is 2. The van der Waals surface area contributed by atoms with E-state index in [-0.39, 0.29) is 5.82 Å². The quantitative estimate of drug-likeness (QED) is 0.850. The molecule has 1 aromatic heterocycles. The van der Waals surface area contributed by atoms with Crippen molar-refractivity contribution in [2.24, 2.45) is 5.92 Å². The zero-order valence-electron chi connectivity index (χ0n) is 10.3. The molecule has 0 spiro atoms. The lowest BCUT2D eigenvalue weighted by Crippen LogP contribution is -2.26. The van der Waals surface area contributed by atoms with Crippen molar-refractivity contribution in [3.63, 3.8) is 0 Å². The standard InChI is InChI=1S/C12H19FN4/c1-8-3-5-9(6-4-8)16-11-10(13)7-15-12(14-2)17-11/h7-9H,3-6H2,1-2H3,(H2,14,15,16,17). The summed E-state index contributed by atoms with van der Waals surface area (Å²) in [5.41, 5.74) is 0. The van der Waals surface area contributed by atoms with Crippen LogP contribution in [0, 0.1) is 11.7 Å². The third-order valence-corrected chi connectivity index (χ3v) is 3.32. The number of anilines is 2. The summed E-state index contributed by atoms with van der Waals surface area (Å²) in [6.07, 6.45) is 5.76. The highest BCUT2D eigenvalue weighted by molar-refractivity contribution is 5.41. The Morgan fingerprint density at radius 3 is 2.65 bits per heavy atom. The summed E-state index contributed by atoms with van der Waals surface area (Å²) in [7, 11) is 1.72. The molecule has 0 amide bonds. The minimum atomic E-state index is -0.386. The molecule has 2 rings (SSSR count). The molecule has 1 fully saturated rings. The molecule has 1 aliphatic carbocycles. The van der Waals surface area contributed by atoms with E-state index in [4.69, 9.17) is 0 Å². The first-order valence-electron chi connectivity index (χ1n) is 6.16. The number of rotatable bonds is 3. The Morgan fingerprint density at radius 2 is 2.00 bits per heavy atom. The van der Waals surface area contributed by atoms with Crippen LogP contribution in [0.2, 0.25) is 0 Å². The predicted octanol–water partition coefficient (Wildman–Crippen LogP) is 2.65. The van der Waals surface area contributed by atoms with Crippen LogP contribution in [0.4, 0.5) is 16.2 Å². The summed E-state index contributed by atoms with van der Waals surface area (Å²) in [6.45, 7) is 2.26. The molecule has 0 bridgehead atoms. The molecule has 5 heteroatoms. The van der Waals surface area contributed by atoms with Gasteiger partial charge in [0.1, 0.15) is 0 Å². The van der Waals surface area contributed by atoms with Crippen LogP contribution in [0.1, 0.15) is 32.6 Å². The van der Waals surface area contributed by atoms with E-state index in [1.165, 1.54) is 19.0 Å². The van der Waals surface area contributed by atoms with Gasteiger partial charge in [0, 0.05) is 13.1 Å². The van der Waals surface area contributed by atoms with Gasteiger partial charge in [0.25, 0.3) is 0 Å². The highest BCUT2D eigenvalue weighted by Gasteiger charge is 2.19. The van der Waals surface area contributed by atoms with E-state index in [2.05, 4.69) is 27.5 Å². The third-order valence-electron chi connectivity index (χ3n) is 3.32. The number of nitrogens with one attached hydrogen (secondary N) is 2. The average Bonchev–Trinajstić information content (AvgIpc) is 2.35. The second-order valence-electron chi connectivity index (χ2n) is 4.74. The van der Waals surface area contributed by atoms with Gasteiger partial charge in [-0.15, -0.1) is 0 Å². The summed E-state index contributed by atoms with van der Waals surface area (Å²) in [5, 5.41) is 5.99. The molecule has 0 radical (unpaired) electrons. The van der Waals surface area contributed by atoms with Gasteiger partial charge < -0.3 is 10.6 Å². The lowest BCUT2D eigenvalue weighted by atomic mass is 9.87. The first-order chi connectivity index (χ1) is 8.19. The van der Waals surface area contributed by atoms with Crippen molar-refractivity contribution in [3.8, 4) is 0 Å². The molecular weight excluding hydrogens is 219 g/mol. The van der Waals surface area contributed by atoms with Gasteiger partial charge in [0.15, 0.2) is 11.6 Å². The van der Waals surface area contributed by atoms with E-state index in [0.717, 1.165) is 18.8 Å². The van der Waals surface area contributed by atoms with Crippen LogP contribution in [-0.4, -0.2) is 23.1 Å². The van der Waals surface area contributed by atoms with Crippen molar-refractivity contribution in [3.05, 3.63) is 12.0 Å². The summed E-state index contributed by atoms with van der Waals surface area (Å²) >= 11 is 0. The lowest BCUT2D eigenvalue weighted by Gasteiger charge is -2.27. The van der Waals surface area contributed by atoms with E-state index in [1.54, 1.807) is 7.05 Å². The van der Waals surface area contributed by atoms with Crippen LogP contribution in [0.25, 0.3) is 0 Å². The number of halogens is 1. The van der Waals surface area contributed by atoms with E-state index in [1.807, 2.05) is 0 Å². The maximum Gasteiger partial charge on any atom is 0.224 e. The molecular formula is C12H19FN4. The first kappa shape index (κ1) is 12.1. The van der Waals surface area contributed by atoms with Gasteiger partial charge in [-0.25, -0.2) is 9.37 Å². The van der Waals surface area contributed by atoms with E-state index < -0.39 is 0 Å². The lowest BCUT2D eigenvalue weighted by molar-refractivity contribution is 0.360. The molecule has 0 unspecified atom stereocenters. The van der Waals surface area contributed by atoms with Gasteiger partial charge >= 0.3 is 0 Å². The number of aromatic nitrogens is 2. The minimum Gasteiger partial charge on any atom is -0.365 e. The van der Waals surface area contributed by atoms with Gasteiger partial charge in [-0.3, -0.25) is 0 Å². The Hall–Kier alpha value is -1.39. The maximum absolute atomic E-state index is 13.5. The molecule has 94 valence electrons. The maximum atomic E-state index is 13.5. The second kappa shape index (κ2) is 5.29. The molecule has 1 aromatic rings. The molecule has 0 aromatic carbocycles. The van der Waals surface area contributed by atoms with Crippen LogP contribution in [-0.2, 0) is 0 Å². The Labute approximate surface area is 101 Å². The van der Waals surface area contributed by atoms with Gasteiger partial charge in [-0.05, 0) is 31.6 Å². The molecule has 0 atom stereocenters. The largest absolute Gasteiger partial charge is 0.365 e. The normalized spacial score (nSPS) is 24.4. The van der Waals surface area contributed by atoms with Crippen molar-refractivity contribution in [1.29, 1.82) is 0 Å². The Bertz CT molecular complexity index is 375. The fourth-order valence-corrected chi connectivity index (χ4v) is 2.19. The predicted molar refractivity (Wildman–Crippen MR) is 66.6 cm³/mol. The van der Waals surface area contributed by atoms with Crippen molar-refractivity contribution < 1.29 is 4.39 Å². The molecule has 0 aliphatic heterocycles. The molecule has 1 saturated carbocycles. The Kier molecular flexibility index (Phi) is 3.76. The zero-order valence-corrected chi connectivity index (χ0v) is 10.3. The molecule has 1 aliphatic rings. The van der Waals surface area contributed by atoms with Crippen molar-refractivity contribution in [2.75, 3.05) is 17.7 Å². The van der Waals surface area contributed by atoms with Crippen LogP contribution >= 0.6 is 0 Å². The second-order valence-corrected chi connectivity index (χ2v) is 4.74. The topological polar surface area (TPSA) is 49.8 Å². The fraction of sp³-hybridized carbons (Fsp3) is 0.667. The number of hydrogen-bond donors (Lipinski definition) is 2. The Balaban J connectivity index is 2.02. The number of hydrogen-bond acceptors (Lipinski definition) is 4. The molecule has 4 nitrogen and oxygen atoms in total. The van der Waals surface area contributed by atoms with Crippen molar-refractivity contribution in [1.82, 2.24) is 9.97 Å². The average molecular weight is 238 g/mol. The van der Waals surface area contributed by atoms with E-state index in [0.29, 0.717) is 17.8 Å². The molecule has 17 heavy (non-hydrogen) atoms. The van der Waals surface area contributed by atoms with Gasteiger partial charge in [-0.1, -0.05) is 6.92 Å². The minimum absolute atomic E-state index is 0.309. The highest BCUT2D eigenvalue weighted by Crippen LogP contribution is 2.26. The van der Waals surface area contributed by atoms with E-state index in [9.17, 15) is 4.39 Å². The Morgan fingerprint density at radius 1 is 1.29 bits per heavy atom. The van der Waals surface area contributed by atoms with Crippen molar-refractivity contribution >= 4 is 11.8 Å². The SMILES string of the molecule is CNc1ncc(F)c(NC2CCC(C)CC2)n1. The monoisotopic (exact) mass is 238 g/mol. The van der Waals surface area contributed by atoms with Crippen LogP contribution in [0.5, 0.6) is 0 Å². The molecule has 1 heterocycles. The fourth-order valence-electron chi connectivity index (χ4n) is 2.19.